The minimum atomic E-state index is 1.18. The summed E-state index contributed by atoms with van der Waals surface area (Å²) >= 11 is 7.81. The van der Waals surface area contributed by atoms with Crippen molar-refractivity contribution >= 4 is 45.3 Å². The summed E-state index contributed by atoms with van der Waals surface area (Å²) in [7, 11) is 0. The molecule has 0 N–H and O–H groups in total. The summed E-state index contributed by atoms with van der Waals surface area (Å²) in [6.07, 6.45) is 21.7. The fourth-order valence-electron chi connectivity index (χ4n) is 4.92. The van der Waals surface area contributed by atoms with Gasteiger partial charge in [-0.15, -0.1) is 45.3 Å². The van der Waals surface area contributed by atoms with Crippen LogP contribution >= 0.6 is 45.3 Å². The van der Waals surface area contributed by atoms with Crippen molar-refractivity contribution in [1.29, 1.82) is 0 Å². The maximum atomic E-state index is 2.46. The third-order valence-electron chi connectivity index (χ3n) is 7.00. The first-order valence-corrected chi connectivity index (χ1v) is 17.2. The highest BCUT2D eigenvalue weighted by Gasteiger charge is 2.23. The Labute approximate surface area is 240 Å². The second-order valence-corrected chi connectivity index (χ2v) is 14.0. The van der Waals surface area contributed by atoms with Crippen LogP contribution in [0.2, 0.25) is 0 Å². The van der Waals surface area contributed by atoms with Crippen LogP contribution in [0.3, 0.4) is 0 Å². The Morgan fingerprint density at radius 1 is 0.541 bits per heavy atom. The van der Waals surface area contributed by atoms with Crippen molar-refractivity contribution in [3.63, 3.8) is 0 Å². The number of thiophene rings is 4. The van der Waals surface area contributed by atoms with Gasteiger partial charge in [-0.1, -0.05) is 52.4 Å². The first-order chi connectivity index (χ1) is 18.3. The first kappa shape index (κ1) is 27.4. The van der Waals surface area contributed by atoms with Crippen molar-refractivity contribution < 1.29 is 0 Å². The molecule has 0 aromatic carbocycles. The highest BCUT2D eigenvalue weighted by Crippen LogP contribution is 2.46. The first-order valence-electron chi connectivity index (χ1n) is 13.9. The maximum Gasteiger partial charge on any atom is 0.0477 e. The molecule has 37 heavy (non-hydrogen) atoms. The van der Waals surface area contributed by atoms with E-state index in [0.717, 1.165) is 0 Å². The lowest BCUT2D eigenvalue weighted by Crippen LogP contribution is -1.90. The topological polar surface area (TPSA) is 0 Å². The van der Waals surface area contributed by atoms with Crippen molar-refractivity contribution in [2.75, 3.05) is 0 Å². The molecule has 193 valence electrons. The number of unbranched alkanes of at least 4 members (excludes halogenated alkanes) is 6. The van der Waals surface area contributed by atoms with Crippen LogP contribution in [-0.4, -0.2) is 0 Å². The van der Waals surface area contributed by atoms with Crippen molar-refractivity contribution in [1.82, 2.24) is 0 Å². The predicted molar refractivity (Wildman–Crippen MR) is 169 cm³/mol. The zero-order valence-electron chi connectivity index (χ0n) is 22.1. The summed E-state index contributed by atoms with van der Waals surface area (Å²) in [6.45, 7) is 4.58. The Morgan fingerprint density at radius 2 is 1.14 bits per heavy atom. The SMILES string of the molecule is CCCCCCc1ccsc1-c1ccc(-c2ccc(-c3sc([C]4[CH][CH][CH][CH]4)cc3CCCCCC)s2)s1. The minimum absolute atomic E-state index is 1.18. The molecule has 0 amide bonds. The van der Waals surface area contributed by atoms with Crippen LogP contribution in [0.25, 0.3) is 29.3 Å². The van der Waals surface area contributed by atoms with Crippen LogP contribution in [0, 0.1) is 31.6 Å². The molecule has 5 rings (SSSR count). The van der Waals surface area contributed by atoms with Gasteiger partial charge in [-0.2, -0.15) is 0 Å². The van der Waals surface area contributed by atoms with E-state index in [2.05, 4.69) is 81.3 Å². The standard InChI is InChI=1S/C33H37S4/c1-3-5-7-9-15-25-21-22-34-32(25)29-19-17-27(35-29)28-18-20-30(36-28)33-26(16-10-8-6-4-2)23-31(37-33)24-13-11-12-14-24/h11-14,17-23H,3-10,15-16H2,1-2H3. The molecule has 4 heterocycles. The van der Waals surface area contributed by atoms with E-state index in [9.17, 15) is 0 Å². The Morgan fingerprint density at radius 3 is 1.78 bits per heavy atom. The van der Waals surface area contributed by atoms with E-state index in [4.69, 9.17) is 0 Å². The van der Waals surface area contributed by atoms with Crippen LogP contribution in [-0.2, 0) is 12.8 Å². The lowest BCUT2D eigenvalue weighted by molar-refractivity contribution is 0.668. The normalized spacial score (nSPS) is 14.2. The van der Waals surface area contributed by atoms with Gasteiger partial charge in [0, 0.05) is 40.1 Å². The van der Waals surface area contributed by atoms with Gasteiger partial charge in [-0.05, 0) is 104 Å². The molecular formula is C33H37S4. The second kappa shape index (κ2) is 13.7. The van der Waals surface area contributed by atoms with Crippen molar-refractivity contribution in [2.24, 2.45) is 0 Å². The Hall–Kier alpha value is -1.20. The molecule has 1 aliphatic carbocycles. The summed E-state index contributed by atoms with van der Waals surface area (Å²) in [5.74, 6) is 1.35. The molecule has 0 unspecified atom stereocenters. The van der Waals surface area contributed by atoms with Crippen LogP contribution in [0.4, 0.5) is 0 Å². The molecule has 1 aliphatic rings. The fourth-order valence-corrected chi connectivity index (χ4v) is 9.50. The lowest BCUT2D eigenvalue weighted by Gasteiger charge is -2.02. The highest BCUT2D eigenvalue weighted by atomic mass is 32.1. The molecule has 0 aliphatic heterocycles. The van der Waals surface area contributed by atoms with Gasteiger partial charge in [0.2, 0.25) is 0 Å². The molecule has 5 radical (unpaired) electrons. The number of rotatable bonds is 14. The Bertz CT molecular complexity index is 1230. The lowest BCUT2D eigenvalue weighted by atomic mass is 10.0. The monoisotopic (exact) mass is 561 g/mol. The summed E-state index contributed by atoms with van der Waals surface area (Å²) in [6, 6.07) is 14.2. The van der Waals surface area contributed by atoms with Gasteiger partial charge >= 0.3 is 0 Å². The van der Waals surface area contributed by atoms with Crippen molar-refractivity contribution in [2.45, 2.75) is 78.1 Å². The summed E-state index contributed by atoms with van der Waals surface area (Å²) in [4.78, 5) is 10.0. The average molecular weight is 562 g/mol. The minimum Gasteiger partial charge on any atom is -0.143 e. The molecule has 0 saturated heterocycles. The smallest absolute Gasteiger partial charge is 0.0477 e. The molecule has 0 atom stereocenters. The summed E-state index contributed by atoms with van der Waals surface area (Å²) in [5.41, 5.74) is 3.07. The zero-order valence-corrected chi connectivity index (χ0v) is 25.3. The van der Waals surface area contributed by atoms with Gasteiger partial charge in [0.1, 0.15) is 0 Å². The number of hydrogen-bond acceptors (Lipinski definition) is 4. The van der Waals surface area contributed by atoms with E-state index in [1.807, 2.05) is 45.3 Å². The Balaban J connectivity index is 1.33. The predicted octanol–water partition coefficient (Wildman–Crippen LogP) is 11.9. The molecule has 0 bridgehead atoms. The van der Waals surface area contributed by atoms with Crippen LogP contribution in [0.15, 0.2) is 41.8 Å². The van der Waals surface area contributed by atoms with Gasteiger partial charge in [-0.3, -0.25) is 0 Å². The van der Waals surface area contributed by atoms with Crippen LogP contribution in [0.5, 0.6) is 0 Å². The van der Waals surface area contributed by atoms with Crippen LogP contribution < -0.4 is 0 Å². The van der Waals surface area contributed by atoms with Crippen molar-refractivity contribution in [3.05, 3.63) is 89.4 Å². The van der Waals surface area contributed by atoms with E-state index in [1.165, 1.54) is 115 Å². The van der Waals surface area contributed by atoms with Crippen molar-refractivity contribution in [3.8, 4) is 29.3 Å². The van der Waals surface area contributed by atoms with Gasteiger partial charge < -0.3 is 0 Å². The van der Waals surface area contributed by atoms with E-state index < -0.39 is 0 Å². The maximum absolute atomic E-state index is 2.46. The van der Waals surface area contributed by atoms with E-state index >= 15 is 0 Å². The molecule has 1 fully saturated rings. The second-order valence-electron chi connectivity index (χ2n) is 9.86. The van der Waals surface area contributed by atoms with Gasteiger partial charge in [0.25, 0.3) is 0 Å². The summed E-state index contributed by atoms with van der Waals surface area (Å²) < 4.78 is 0. The molecule has 4 aromatic heterocycles. The van der Waals surface area contributed by atoms with Gasteiger partial charge in [0.05, 0.1) is 0 Å². The van der Waals surface area contributed by atoms with E-state index in [-0.39, 0.29) is 0 Å². The third-order valence-corrected chi connectivity index (χ3v) is 11.9. The third kappa shape index (κ3) is 6.87. The molecule has 4 heteroatoms. The average Bonchev–Trinajstić information content (AvgIpc) is 3.73. The molecular weight excluding hydrogens is 525 g/mol. The Kier molecular flexibility index (Phi) is 10.2. The fraction of sp³-hybridized carbons (Fsp3) is 0.364. The molecule has 1 saturated carbocycles. The van der Waals surface area contributed by atoms with Gasteiger partial charge in [0.15, 0.2) is 0 Å². The van der Waals surface area contributed by atoms with Gasteiger partial charge in [-0.25, -0.2) is 0 Å². The zero-order chi connectivity index (χ0) is 25.5. The van der Waals surface area contributed by atoms with E-state index in [1.54, 1.807) is 0 Å². The molecule has 0 nitrogen and oxygen atoms in total. The van der Waals surface area contributed by atoms with E-state index in [0.29, 0.717) is 0 Å². The molecule has 4 aromatic rings. The number of hydrogen-bond donors (Lipinski definition) is 0. The summed E-state index contributed by atoms with van der Waals surface area (Å²) in [5, 5.41) is 2.27. The molecule has 0 spiro atoms. The quantitative estimate of drug-likeness (QED) is 0.134. The largest absolute Gasteiger partial charge is 0.143 e. The highest BCUT2D eigenvalue weighted by molar-refractivity contribution is 7.28. The number of aryl methyl sites for hydroxylation is 2. The van der Waals surface area contributed by atoms with Crippen LogP contribution in [0.1, 0.15) is 81.2 Å².